The van der Waals surface area contributed by atoms with Crippen LogP contribution >= 0.6 is 0 Å². The number of anilines is 2. The quantitative estimate of drug-likeness (QED) is 0.658. The van der Waals surface area contributed by atoms with E-state index >= 15 is 0 Å². The molecule has 0 N–H and O–H groups in total. The Hall–Kier alpha value is -2.76. The van der Waals surface area contributed by atoms with Crippen molar-refractivity contribution in [3.8, 4) is 5.75 Å². The average molecular weight is 332 g/mol. The van der Waals surface area contributed by atoms with Gasteiger partial charge in [0.15, 0.2) is 0 Å². The van der Waals surface area contributed by atoms with Crippen LogP contribution in [0.25, 0.3) is 10.9 Å². The lowest BCUT2D eigenvalue weighted by Crippen LogP contribution is -2.17. The van der Waals surface area contributed by atoms with E-state index in [0.717, 1.165) is 16.5 Å². The van der Waals surface area contributed by atoms with Gasteiger partial charge in [-0.15, -0.1) is 13.2 Å². The van der Waals surface area contributed by atoms with Crippen LogP contribution < -0.4 is 9.64 Å². The smallest absolute Gasteiger partial charge is 0.406 e. The summed E-state index contributed by atoms with van der Waals surface area (Å²) in [7, 11) is 1.81. The lowest BCUT2D eigenvalue weighted by Gasteiger charge is -2.19. The van der Waals surface area contributed by atoms with E-state index in [1.807, 2.05) is 49.2 Å². The van der Waals surface area contributed by atoms with E-state index in [9.17, 15) is 13.2 Å². The summed E-state index contributed by atoms with van der Waals surface area (Å²) in [5.41, 5.74) is 2.68. The Balaban J connectivity index is 1.88. The number of halogens is 3. The van der Waals surface area contributed by atoms with Crippen molar-refractivity contribution in [2.24, 2.45) is 0 Å². The summed E-state index contributed by atoms with van der Waals surface area (Å²) in [5, 5.41) is 1.04. The van der Waals surface area contributed by atoms with Gasteiger partial charge in [-0.2, -0.15) is 0 Å². The predicted molar refractivity (Wildman–Crippen MR) is 87.7 cm³/mol. The van der Waals surface area contributed by atoms with Gasteiger partial charge in [-0.25, -0.2) is 4.98 Å². The van der Waals surface area contributed by atoms with Gasteiger partial charge in [0.1, 0.15) is 11.6 Å². The van der Waals surface area contributed by atoms with Crippen molar-refractivity contribution in [1.82, 2.24) is 4.98 Å². The third kappa shape index (κ3) is 3.42. The number of ether oxygens (including phenoxy) is 1. The van der Waals surface area contributed by atoms with Crippen LogP contribution in [0, 0.1) is 6.92 Å². The van der Waals surface area contributed by atoms with Crippen LogP contribution in [-0.4, -0.2) is 18.4 Å². The highest BCUT2D eigenvalue weighted by Gasteiger charge is 2.31. The minimum atomic E-state index is -4.69. The number of nitrogens with zero attached hydrogens (tertiary/aromatic N) is 2. The largest absolute Gasteiger partial charge is 0.573 e. The van der Waals surface area contributed by atoms with Crippen LogP contribution in [0.5, 0.6) is 5.75 Å². The first-order valence-corrected chi connectivity index (χ1v) is 7.29. The van der Waals surface area contributed by atoms with Gasteiger partial charge < -0.3 is 9.64 Å². The van der Waals surface area contributed by atoms with Gasteiger partial charge in [0, 0.05) is 18.1 Å². The van der Waals surface area contributed by atoms with Gasteiger partial charge >= 0.3 is 6.36 Å². The molecule has 0 saturated carbocycles. The van der Waals surface area contributed by atoms with E-state index in [4.69, 9.17) is 0 Å². The Morgan fingerprint density at radius 1 is 0.958 bits per heavy atom. The third-order valence-electron chi connectivity index (χ3n) is 3.71. The fourth-order valence-electron chi connectivity index (χ4n) is 2.48. The molecular formula is C18H15F3N2O. The maximum atomic E-state index is 12.2. The van der Waals surface area contributed by atoms with E-state index in [2.05, 4.69) is 9.72 Å². The Morgan fingerprint density at radius 3 is 2.33 bits per heavy atom. The molecule has 3 aromatic rings. The lowest BCUT2D eigenvalue weighted by molar-refractivity contribution is -0.274. The van der Waals surface area contributed by atoms with Crippen LogP contribution in [0.4, 0.5) is 24.7 Å². The van der Waals surface area contributed by atoms with Crippen molar-refractivity contribution in [3.05, 3.63) is 60.2 Å². The normalized spacial score (nSPS) is 11.5. The average Bonchev–Trinajstić information content (AvgIpc) is 2.53. The number of hydrogen-bond donors (Lipinski definition) is 0. The second-order valence-electron chi connectivity index (χ2n) is 5.42. The standard InChI is InChI=1S/C18H15F3N2O/c1-12-4-3-5-13-6-11-16(22-17(12)13)23(2)14-7-9-15(10-8-14)24-18(19,20)21/h3-11H,1-2H3. The Kier molecular flexibility index (Phi) is 4.05. The molecule has 24 heavy (non-hydrogen) atoms. The second-order valence-corrected chi connectivity index (χ2v) is 5.42. The van der Waals surface area contributed by atoms with Crippen LogP contribution in [0.15, 0.2) is 54.6 Å². The SMILES string of the molecule is Cc1cccc2ccc(N(C)c3ccc(OC(F)(F)F)cc3)nc12. The summed E-state index contributed by atoms with van der Waals surface area (Å²) >= 11 is 0. The lowest BCUT2D eigenvalue weighted by atomic mass is 10.1. The Morgan fingerprint density at radius 2 is 1.67 bits per heavy atom. The molecule has 3 nitrogen and oxygen atoms in total. The number of aromatic nitrogens is 1. The number of pyridine rings is 1. The van der Waals surface area contributed by atoms with Crippen molar-refractivity contribution in [2.45, 2.75) is 13.3 Å². The highest BCUT2D eigenvalue weighted by Crippen LogP contribution is 2.28. The molecule has 0 aliphatic rings. The maximum Gasteiger partial charge on any atom is 0.573 e. The first kappa shape index (κ1) is 16.1. The van der Waals surface area contributed by atoms with Crippen molar-refractivity contribution in [3.63, 3.8) is 0 Å². The molecule has 0 aliphatic heterocycles. The van der Waals surface area contributed by atoms with Gasteiger partial charge in [-0.3, -0.25) is 0 Å². The molecular weight excluding hydrogens is 317 g/mol. The molecule has 0 unspecified atom stereocenters. The Bertz CT molecular complexity index is 860. The molecule has 6 heteroatoms. The molecule has 1 aromatic heterocycles. The number of benzene rings is 2. The molecule has 0 saturated heterocycles. The number of alkyl halides is 3. The molecule has 0 fully saturated rings. The summed E-state index contributed by atoms with van der Waals surface area (Å²) in [6.45, 7) is 1.99. The number of rotatable bonds is 3. The van der Waals surface area contributed by atoms with Crippen LogP contribution in [-0.2, 0) is 0 Å². The first-order valence-electron chi connectivity index (χ1n) is 7.29. The first-order chi connectivity index (χ1) is 11.3. The molecule has 0 aliphatic carbocycles. The van der Waals surface area contributed by atoms with E-state index in [1.165, 1.54) is 12.1 Å². The van der Waals surface area contributed by atoms with Crippen molar-refractivity contribution >= 4 is 22.4 Å². The number of fused-ring (bicyclic) bond motifs is 1. The fraction of sp³-hybridized carbons (Fsp3) is 0.167. The molecule has 0 radical (unpaired) electrons. The zero-order valence-electron chi connectivity index (χ0n) is 13.1. The number of hydrogen-bond acceptors (Lipinski definition) is 3. The zero-order chi connectivity index (χ0) is 17.3. The summed E-state index contributed by atoms with van der Waals surface area (Å²) in [5.74, 6) is 0.461. The van der Waals surface area contributed by atoms with Crippen LogP contribution in [0.2, 0.25) is 0 Å². The molecule has 124 valence electrons. The van der Waals surface area contributed by atoms with Crippen LogP contribution in [0.1, 0.15) is 5.56 Å². The van der Waals surface area contributed by atoms with E-state index in [-0.39, 0.29) is 5.75 Å². The molecule has 0 atom stereocenters. The summed E-state index contributed by atoms with van der Waals surface area (Å²) in [6.07, 6.45) is -4.69. The summed E-state index contributed by atoms with van der Waals surface area (Å²) < 4.78 is 40.5. The van der Waals surface area contributed by atoms with Gasteiger partial charge in [0.25, 0.3) is 0 Å². The third-order valence-corrected chi connectivity index (χ3v) is 3.71. The molecule has 3 rings (SSSR count). The fourth-order valence-corrected chi connectivity index (χ4v) is 2.48. The zero-order valence-corrected chi connectivity index (χ0v) is 13.1. The summed E-state index contributed by atoms with van der Waals surface area (Å²) in [4.78, 5) is 6.46. The summed E-state index contributed by atoms with van der Waals surface area (Å²) in [6, 6.07) is 15.5. The highest BCUT2D eigenvalue weighted by molar-refractivity contribution is 5.83. The van der Waals surface area contributed by atoms with Gasteiger partial charge in [0.2, 0.25) is 0 Å². The van der Waals surface area contributed by atoms with E-state index in [1.54, 1.807) is 12.1 Å². The topological polar surface area (TPSA) is 25.4 Å². The van der Waals surface area contributed by atoms with Gasteiger partial charge in [-0.05, 0) is 48.9 Å². The molecule has 0 amide bonds. The van der Waals surface area contributed by atoms with Crippen molar-refractivity contribution in [2.75, 3.05) is 11.9 Å². The highest BCUT2D eigenvalue weighted by atomic mass is 19.4. The molecule has 2 aromatic carbocycles. The Labute approximate surface area is 137 Å². The van der Waals surface area contributed by atoms with Crippen molar-refractivity contribution in [1.29, 1.82) is 0 Å². The second kappa shape index (κ2) is 6.03. The minimum absolute atomic E-state index is 0.248. The van der Waals surface area contributed by atoms with E-state index < -0.39 is 6.36 Å². The van der Waals surface area contributed by atoms with Gasteiger partial charge in [0.05, 0.1) is 5.52 Å². The van der Waals surface area contributed by atoms with Gasteiger partial charge in [-0.1, -0.05) is 18.2 Å². The monoisotopic (exact) mass is 332 g/mol. The molecule has 0 spiro atoms. The van der Waals surface area contributed by atoms with Crippen molar-refractivity contribution < 1.29 is 17.9 Å². The molecule has 1 heterocycles. The number of aryl methyl sites for hydroxylation is 1. The number of para-hydroxylation sites is 1. The molecule has 0 bridgehead atoms. The maximum absolute atomic E-state index is 12.2. The minimum Gasteiger partial charge on any atom is -0.406 e. The predicted octanol–water partition coefficient (Wildman–Crippen LogP) is 5.21. The van der Waals surface area contributed by atoms with Crippen LogP contribution in [0.3, 0.4) is 0 Å². The van der Waals surface area contributed by atoms with E-state index in [0.29, 0.717) is 11.5 Å².